The van der Waals surface area contributed by atoms with Crippen molar-refractivity contribution in [3.8, 4) is 0 Å². The van der Waals surface area contributed by atoms with E-state index in [4.69, 9.17) is 0 Å². The van der Waals surface area contributed by atoms with Crippen molar-refractivity contribution < 1.29 is 9.18 Å². The molecule has 3 nitrogen and oxygen atoms in total. The Morgan fingerprint density at radius 3 is 2.64 bits per heavy atom. The topological polar surface area (TPSA) is 32.3 Å². The van der Waals surface area contributed by atoms with Gasteiger partial charge in [0.05, 0.1) is 6.04 Å². The number of hydrogen-bond acceptors (Lipinski definition) is 2. The van der Waals surface area contributed by atoms with Gasteiger partial charge in [-0.25, -0.2) is 4.39 Å². The van der Waals surface area contributed by atoms with Crippen molar-refractivity contribution in [3.05, 3.63) is 35.6 Å². The maximum Gasteiger partial charge on any atom is 0.223 e. The molecule has 22 heavy (non-hydrogen) atoms. The first-order valence-corrected chi connectivity index (χ1v) is 7.90. The highest BCUT2D eigenvalue weighted by molar-refractivity contribution is 5.85. The van der Waals surface area contributed by atoms with Crippen molar-refractivity contribution in [2.75, 3.05) is 13.1 Å². The van der Waals surface area contributed by atoms with Crippen LogP contribution in [0.5, 0.6) is 0 Å². The third-order valence-corrected chi connectivity index (χ3v) is 4.35. The number of nitrogens with one attached hydrogen (secondary N) is 1. The van der Waals surface area contributed by atoms with Crippen LogP contribution in [0.2, 0.25) is 0 Å². The number of rotatable bonds is 6. The van der Waals surface area contributed by atoms with Gasteiger partial charge in [-0.05, 0) is 57.4 Å². The molecule has 1 aromatic carbocycles. The molecule has 0 radical (unpaired) electrons. The molecule has 0 bridgehead atoms. The highest BCUT2D eigenvalue weighted by Crippen LogP contribution is 2.22. The van der Waals surface area contributed by atoms with Crippen molar-refractivity contribution in [2.24, 2.45) is 0 Å². The highest BCUT2D eigenvalue weighted by Gasteiger charge is 2.22. The number of halogens is 2. The van der Waals surface area contributed by atoms with E-state index in [1.165, 1.54) is 25.0 Å². The van der Waals surface area contributed by atoms with Crippen LogP contribution in [0.15, 0.2) is 24.3 Å². The molecular formula is C17H26ClFN2O. The Morgan fingerprint density at radius 1 is 1.41 bits per heavy atom. The lowest BCUT2D eigenvalue weighted by atomic mass is 10.0. The normalized spacial score (nSPS) is 18.6. The lowest BCUT2D eigenvalue weighted by Gasteiger charge is -2.29. The summed E-state index contributed by atoms with van der Waals surface area (Å²) >= 11 is 0. The molecule has 1 amide bonds. The molecule has 2 atom stereocenters. The molecule has 1 heterocycles. The molecular weight excluding hydrogens is 303 g/mol. The molecule has 0 saturated carbocycles. The minimum Gasteiger partial charge on any atom is -0.336 e. The van der Waals surface area contributed by atoms with E-state index in [1.807, 2.05) is 18.7 Å². The Balaban J connectivity index is 0.00000242. The number of nitrogens with zero attached hydrogens (tertiary/aromatic N) is 1. The van der Waals surface area contributed by atoms with Gasteiger partial charge < -0.3 is 10.2 Å². The highest BCUT2D eigenvalue weighted by atomic mass is 35.5. The van der Waals surface area contributed by atoms with Gasteiger partial charge >= 0.3 is 0 Å². The van der Waals surface area contributed by atoms with E-state index >= 15 is 0 Å². The summed E-state index contributed by atoms with van der Waals surface area (Å²) in [4.78, 5) is 14.3. The summed E-state index contributed by atoms with van der Waals surface area (Å²) in [6, 6.07) is 6.90. The Labute approximate surface area is 138 Å². The molecule has 1 N–H and O–H groups in total. The summed E-state index contributed by atoms with van der Waals surface area (Å²) < 4.78 is 13.0. The van der Waals surface area contributed by atoms with Gasteiger partial charge in [0.1, 0.15) is 5.82 Å². The van der Waals surface area contributed by atoms with Gasteiger partial charge in [0.15, 0.2) is 0 Å². The van der Waals surface area contributed by atoms with Crippen molar-refractivity contribution >= 4 is 18.3 Å². The molecule has 0 spiro atoms. The molecule has 0 aromatic heterocycles. The van der Waals surface area contributed by atoms with Gasteiger partial charge in [-0.1, -0.05) is 12.1 Å². The molecule has 2 unspecified atom stereocenters. The van der Waals surface area contributed by atoms with Gasteiger partial charge in [0.2, 0.25) is 5.91 Å². The monoisotopic (exact) mass is 328 g/mol. The van der Waals surface area contributed by atoms with Crippen LogP contribution in [0.1, 0.15) is 51.1 Å². The predicted molar refractivity (Wildman–Crippen MR) is 89.7 cm³/mol. The maximum atomic E-state index is 13.0. The Bertz CT molecular complexity index is 460. The molecule has 1 aliphatic rings. The zero-order valence-electron chi connectivity index (χ0n) is 13.3. The zero-order valence-corrected chi connectivity index (χ0v) is 14.2. The van der Waals surface area contributed by atoms with Crippen LogP contribution < -0.4 is 5.32 Å². The van der Waals surface area contributed by atoms with Gasteiger partial charge in [0.25, 0.3) is 0 Å². The fourth-order valence-electron chi connectivity index (χ4n) is 3.03. The first-order valence-electron chi connectivity index (χ1n) is 7.90. The summed E-state index contributed by atoms with van der Waals surface area (Å²) in [6.07, 6.45) is 3.87. The fourth-order valence-corrected chi connectivity index (χ4v) is 3.03. The Hall–Kier alpha value is -1.13. The summed E-state index contributed by atoms with van der Waals surface area (Å²) in [6.45, 7) is 5.74. The number of carbonyl (C=O) groups excluding carboxylic acids is 1. The number of amides is 1. The van der Waals surface area contributed by atoms with Crippen LogP contribution in [0.3, 0.4) is 0 Å². The molecule has 1 saturated heterocycles. The van der Waals surface area contributed by atoms with Crippen molar-refractivity contribution in [3.63, 3.8) is 0 Å². The molecule has 5 heteroatoms. The van der Waals surface area contributed by atoms with Crippen LogP contribution >= 0.6 is 12.4 Å². The standard InChI is InChI=1S/C17H25FN2O.ClH/c1-3-20(13(2)14-6-8-15(18)9-7-14)17(21)11-10-16-5-4-12-19-16;/h6-9,13,16,19H,3-5,10-12H2,1-2H3;1H. The van der Waals surface area contributed by atoms with E-state index in [1.54, 1.807) is 12.1 Å². The van der Waals surface area contributed by atoms with E-state index < -0.39 is 0 Å². The van der Waals surface area contributed by atoms with E-state index in [2.05, 4.69) is 5.32 Å². The van der Waals surface area contributed by atoms with E-state index in [0.717, 1.165) is 18.5 Å². The van der Waals surface area contributed by atoms with Crippen LogP contribution in [0.4, 0.5) is 4.39 Å². The molecule has 2 rings (SSSR count). The molecule has 124 valence electrons. The zero-order chi connectivity index (χ0) is 15.2. The first kappa shape index (κ1) is 18.9. The second kappa shape index (κ2) is 9.11. The van der Waals surface area contributed by atoms with Gasteiger partial charge in [-0.3, -0.25) is 4.79 Å². The van der Waals surface area contributed by atoms with E-state index in [-0.39, 0.29) is 30.2 Å². The van der Waals surface area contributed by atoms with E-state index in [9.17, 15) is 9.18 Å². The van der Waals surface area contributed by atoms with Gasteiger partial charge in [-0.15, -0.1) is 12.4 Å². The van der Waals surface area contributed by atoms with Gasteiger partial charge in [-0.2, -0.15) is 0 Å². The molecule has 1 aliphatic heterocycles. The van der Waals surface area contributed by atoms with Crippen molar-refractivity contribution in [1.29, 1.82) is 0 Å². The number of carbonyl (C=O) groups is 1. The lowest BCUT2D eigenvalue weighted by Crippen LogP contribution is -2.34. The third-order valence-electron chi connectivity index (χ3n) is 4.35. The Kier molecular flexibility index (Phi) is 7.83. The van der Waals surface area contributed by atoms with Crippen LogP contribution in [-0.2, 0) is 4.79 Å². The molecule has 1 fully saturated rings. The minimum absolute atomic E-state index is 0. The predicted octanol–water partition coefficient (Wildman–Crippen LogP) is 3.69. The summed E-state index contributed by atoms with van der Waals surface area (Å²) in [5.41, 5.74) is 0.977. The quantitative estimate of drug-likeness (QED) is 0.863. The summed E-state index contributed by atoms with van der Waals surface area (Å²) in [7, 11) is 0. The van der Waals surface area contributed by atoms with E-state index in [0.29, 0.717) is 19.0 Å². The SMILES string of the molecule is CCN(C(=O)CCC1CCCN1)C(C)c1ccc(F)cc1.Cl. The van der Waals surface area contributed by atoms with Crippen molar-refractivity contribution in [2.45, 2.75) is 51.6 Å². The maximum absolute atomic E-state index is 13.0. The van der Waals surface area contributed by atoms with Crippen molar-refractivity contribution in [1.82, 2.24) is 10.2 Å². The number of benzene rings is 1. The van der Waals surface area contributed by atoms with Gasteiger partial charge in [0, 0.05) is 19.0 Å². The molecule has 0 aliphatic carbocycles. The molecule has 1 aromatic rings. The second-order valence-corrected chi connectivity index (χ2v) is 5.74. The van der Waals surface area contributed by atoms with Crippen LogP contribution in [-0.4, -0.2) is 29.9 Å². The van der Waals surface area contributed by atoms with Crippen LogP contribution in [0, 0.1) is 5.82 Å². The average Bonchev–Trinajstić information content (AvgIpc) is 3.00. The fraction of sp³-hybridized carbons (Fsp3) is 0.588. The first-order chi connectivity index (χ1) is 10.1. The Morgan fingerprint density at radius 2 is 2.09 bits per heavy atom. The second-order valence-electron chi connectivity index (χ2n) is 5.74. The third kappa shape index (κ3) is 4.96. The largest absolute Gasteiger partial charge is 0.336 e. The summed E-state index contributed by atoms with van der Waals surface area (Å²) in [5, 5.41) is 3.42. The smallest absolute Gasteiger partial charge is 0.223 e. The number of hydrogen-bond donors (Lipinski definition) is 1. The average molecular weight is 329 g/mol. The summed E-state index contributed by atoms with van der Waals surface area (Å²) in [5.74, 6) is -0.0596. The lowest BCUT2D eigenvalue weighted by molar-refractivity contribution is -0.133. The van der Waals surface area contributed by atoms with Crippen LogP contribution in [0.25, 0.3) is 0 Å². The minimum atomic E-state index is -0.243.